The summed E-state index contributed by atoms with van der Waals surface area (Å²) in [6.45, 7) is 0. The molecule has 0 aromatic carbocycles. The number of nitriles is 1. The van der Waals surface area contributed by atoms with Crippen LogP contribution in [0.4, 0.5) is 0 Å². The molecule has 0 saturated carbocycles. The molecule has 0 aliphatic carbocycles. The Hall–Kier alpha value is -2.39. The predicted molar refractivity (Wildman–Crippen MR) is 69.1 cm³/mol. The first kappa shape index (κ1) is 13.1. The van der Waals surface area contributed by atoms with Crippen LogP contribution in [0.3, 0.4) is 0 Å². The average Bonchev–Trinajstić information content (AvgIpc) is 2.86. The van der Waals surface area contributed by atoms with Gasteiger partial charge >= 0.3 is 0 Å². The van der Waals surface area contributed by atoms with Gasteiger partial charge in [-0.25, -0.2) is 9.67 Å². The summed E-state index contributed by atoms with van der Waals surface area (Å²) in [5.41, 5.74) is 0.677. The van der Waals surface area contributed by atoms with Crippen LogP contribution in [0, 0.1) is 11.3 Å². The molecule has 0 saturated heterocycles. The molecule has 1 amide bonds. The maximum absolute atomic E-state index is 11.7. The molecule has 0 aliphatic heterocycles. The summed E-state index contributed by atoms with van der Waals surface area (Å²) in [6, 6.07) is 6.57. The summed E-state index contributed by atoms with van der Waals surface area (Å²) in [5.74, 6) is 0.183. The zero-order chi connectivity index (χ0) is 14.0. The van der Waals surface area contributed by atoms with Crippen molar-refractivity contribution in [1.29, 1.82) is 5.26 Å². The van der Waals surface area contributed by atoms with E-state index >= 15 is 0 Å². The third kappa shape index (κ3) is 2.72. The molecule has 2 aromatic heterocycles. The third-order valence-corrected chi connectivity index (χ3v) is 2.55. The summed E-state index contributed by atoms with van der Waals surface area (Å²) in [6.07, 6.45) is 1.59. The Morgan fingerprint density at radius 2 is 2.21 bits per heavy atom. The number of nitrogens with zero attached hydrogens (tertiary/aromatic N) is 5. The zero-order valence-corrected chi connectivity index (χ0v) is 11.1. The van der Waals surface area contributed by atoms with Crippen LogP contribution in [0.2, 0.25) is 5.15 Å². The van der Waals surface area contributed by atoms with Crippen molar-refractivity contribution in [3.8, 4) is 11.9 Å². The van der Waals surface area contributed by atoms with Crippen molar-refractivity contribution in [2.24, 2.45) is 0 Å². The fourth-order valence-corrected chi connectivity index (χ4v) is 1.66. The van der Waals surface area contributed by atoms with Crippen molar-refractivity contribution in [3.63, 3.8) is 0 Å². The molecule has 0 bridgehead atoms. The second kappa shape index (κ2) is 5.08. The lowest BCUT2D eigenvalue weighted by Crippen LogP contribution is -2.22. The first-order chi connectivity index (χ1) is 9.01. The number of carbonyl (C=O) groups is 1. The Morgan fingerprint density at radius 3 is 2.84 bits per heavy atom. The van der Waals surface area contributed by atoms with Gasteiger partial charge in [0.2, 0.25) is 0 Å². The first-order valence-corrected chi connectivity index (χ1v) is 5.74. The summed E-state index contributed by atoms with van der Waals surface area (Å²) in [5, 5.41) is 13.2. The molecule has 2 heterocycles. The molecule has 0 radical (unpaired) electrons. The van der Waals surface area contributed by atoms with Gasteiger partial charge in [0, 0.05) is 26.4 Å². The van der Waals surface area contributed by atoms with Gasteiger partial charge in [-0.2, -0.15) is 10.4 Å². The lowest BCUT2D eigenvalue weighted by molar-refractivity contribution is 0.0821. The fraction of sp³-hybridized carbons (Fsp3) is 0.167. The first-order valence-electron chi connectivity index (χ1n) is 5.36. The minimum atomic E-state index is -0.207. The molecule has 2 rings (SSSR count). The Morgan fingerprint density at radius 1 is 1.47 bits per heavy atom. The summed E-state index contributed by atoms with van der Waals surface area (Å²) in [4.78, 5) is 17.2. The van der Waals surface area contributed by atoms with Gasteiger partial charge in [0.1, 0.15) is 5.15 Å². The minimum absolute atomic E-state index is 0.199. The van der Waals surface area contributed by atoms with Gasteiger partial charge in [-0.1, -0.05) is 11.6 Å². The standard InChI is InChI=1S/C12H10ClN5O/c1-17(2)12(19)9-3-4-18(16-9)11-6-8(7-14)5-10(13)15-11/h3-6H,1-2H3. The van der Waals surface area contributed by atoms with E-state index in [1.54, 1.807) is 32.4 Å². The van der Waals surface area contributed by atoms with Crippen molar-refractivity contribution in [2.45, 2.75) is 0 Å². The van der Waals surface area contributed by atoms with Gasteiger partial charge in [-0.05, 0) is 12.1 Å². The highest BCUT2D eigenvalue weighted by Gasteiger charge is 2.13. The highest BCUT2D eigenvalue weighted by atomic mass is 35.5. The number of halogens is 1. The number of rotatable bonds is 2. The lowest BCUT2D eigenvalue weighted by atomic mass is 10.3. The van der Waals surface area contributed by atoms with Crippen LogP contribution in [-0.4, -0.2) is 39.7 Å². The highest BCUT2D eigenvalue weighted by molar-refractivity contribution is 6.29. The van der Waals surface area contributed by atoms with E-state index < -0.39 is 0 Å². The number of amides is 1. The van der Waals surface area contributed by atoms with Crippen LogP contribution in [0.1, 0.15) is 16.1 Å². The largest absolute Gasteiger partial charge is 0.343 e. The van der Waals surface area contributed by atoms with Crippen molar-refractivity contribution >= 4 is 17.5 Å². The van der Waals surface area contributed by atoms with E-state index in [9.17, 15) is 4.79 Å². The summed E-state index contributed by atoms with van der Waals surface area (Å²) in [7, 11) is 3.29. The Kier molecular flexibility index (Phi) is 3.49. The zero-order valence-electron chi connectivity index (χ0n) is 10.3. The third-order valence-electron chi connectivity index (χ3n) is 2.36. The normalized spacial score (nSPS) is 10.0. The van der Waals surface area contributed by atoms with E-state index in [2.05, 4.69) is 10.1 Å². The number of hydrogen-bond donors (Lipinski definition) is 0. The molecular formula is C12H10ClN5O. The van der Waals surface area contributed by atoms with Crippen molar-refractivity contribution in [1.82, 2.24) is 19.7 Å². The number of hydrogen-bond acceptors (Lipinski definition) is 4. The maximum Gasteiger partial charge on any atom is 0.273 e. The molecule has 0 fully saturated rings. The number of aromatic nitrogens is 3. The van der Waals surface area contributed by atoms with Crippen molar-refractivity contribution in [3.05, 3.63) is 40.8 Å². The molecule has 0 unspecified atom stereocenters. The van der Waals surface area contributed by atoms with Gasteiger partial charge in [0.25, 0.3) is 5.91 Å². The van der Waals surface area contributed by atoms with E-state index in [-0.39, 0.29) is 11.1 Å². The monoisotopic (exact) mass is 275 g/mol. The molecule has 0 atom stereocenters. The molecule has 0 N–H and O–H groups in total. The van der Waals surface area contributed by atoms with Gasteiger partial charge < -0.3 is 4.90 Å². The van der Waals surface area contributed by atoms with E-state index in [0.717, 1.165) is 0 Å². The van der Waals surface area contributed by atoms with Crippen LogP contribution in [-0.2, 0) is 0 Å². The topological polar surface area (TPSA) is 74.8 Å². The predicted octanol–water partition coefficient (Wildman–Crippen LogP) is 1.49. The SMILES string of the molecule is CN(C)C(=O)c1ccn(-c2cc(C#N)cc(Cl)n2)n1. The molecule has 7 heteroatoms. The number of carbonyl (C=O) groups excluding carboxylic acids is 1. The van der Waals surface area contributed by atoms with Gasteiger partial charge in [-0.3, -0.25) is 4.79 Å². The van der Waals surface area contributed by atoms with Gasteiger partial charge in [0.15, 0.2) is 11.5 Å². The van der Waals surface area contributed by atoms with Gasteiger partial charge in [-0.15, -0.1) is 0 Å². The van der Waals surface area contributed by atoms with E-state index in [4.69, 9.17) is 16.9 Å². The smallest absolute Gasteiger partial charge is 0.273 e. The summed E-state index contributed by atoms with van der Waals surface area (Å²) < 4.78 is 1.41. The second-order valence-electron chi connectivity index (χ2n) is 3.99. The Labute approximate surface area is 114 Å². The van der Waals surface area contributed by atoms with Crippen molar-refractivity contribution in [2.75, 3.05) is 14.1 Å². The fourth-order valence-electron chi connectivity index (χ4n) is 1.46. The Balaban J connectivity index is 2.41. The summed E-state index contributed by atoms with van der Waals surface area (Å²) >= 11 is 5.82. The highest BCUT2D eigenvalue weighted by Crippen LogP contribution is 2.13. The van der Waals surface area contributed by atoms with E-state index in [0.29, 0.717) is 17.1 Å². The molecule has 96 valence electrons. The van der Waals surface area contributed by atoms with Crippen LogP contribution in [0.15, 0.2) is 24.4 Å². The van der Waals surface area contributed by atoms with Crippen LogP contribution in [0.25, 0.3) is 5.82 Å². The van der Waals surface area contributed by atoms with Crippen LogP contribution < -0.4 is 0 Å². The molecular weight excluding hydrogens is 266 g/mol. The van der Waals surface area contributed by atoms with Crippen molar-refractivity contribution < 1.29 is 4.79 Å². The minimum Gasteiger partial charge on any atom is -0.343 e. The molecule has 6 nitrogen and oxygen atoms in total. The maximum atomic E-state index is 11.7. The molecule has 19 heavy (non-hydrogen) atoms. The molecule has 0 aliphatic rings. The lowest BCUT2D eigenvalue weighted by Gasteiger charge is -2.07. The quantitative estimate of drug-likeness (QED) is 0.778. The van der Waals surface area contributed by atoms with Gasteiger partial charge in [0.05, 0.1) is 11.6 Å². The average molecular weight is 276 g/mol. The van der Waals surface area contributed by atoms with Crippen LogP contribution in [0.5, 0.6) is 0 Å². The van der Waals surface area contributed by atoms with Crippen LogP contribution >= 0.6 is 11.6 Å². The molecule has 0 spiro atoms. The Bertz CT molecular complexity index is 671. The molecule has 2 aromatic rings. The second-order valence-corrected chi connectivity index (χ2v) is 4.38. The number of pyridine rings is 1. The van der Waals surface area contributed by atoms with E-state index in [1.807, 2.05) is 6.07 Å². The van der Waals surface area contributed by atoms with E-state index in [1.165, 1.54) is 15.6 Å².